The molecule has 0 spiro atoms. The van der Waals surface area contributed by atoms with Gasteiger partial charge in [-0.3, -0.25) is 9.59 Å². The highest BCUT2D eigenvalue weighted by Crippen LogP contribution is 2.33. The number of halogens is 2. The predicted molar refractivity (Wildman–Crippen MR) is 116 cm³/mol. The molecular formula is C19H22Cl2N2O4S. The van der Waals surface area contributed by atoms with Crippen LogP contribution < -0.4 is 11.1 Å². The van der Waals surface area contributed by atoms with Crippen LogP contribution in [0.5, 0.6) is 0 Å². The molecule has 0 radical (unpaired) electrons. The average molecular weight is 445 g/mol. The number of anilines is 2. The molecule has 2 aromatic rings. The fourth-order valence-corrected chi connectivity index (χ4v) is 2.62. The Morgan fingerprint density at radius 2 is 1.64 bits per heavy atom. The van der Waals surface area contributed by atoms with Crippen LogP contribution in [0, 0.1) is 0 Å². The molecule has 0 saturated heterocycles. The molecule has 28 heavy (non-hydrogen) atoms. The van der Waals surface area contributed by atoms with E-state index in [2.05, 4.69) is 17.9 Å². The summed E-state index contributed by atoms with van der Waals surface area (Å²) in [6.07, 6.45) is -0.0642. The third-order valence-corrected chi connectivity index (χ3v) is 4.52. The maximum Gasteiger partial charge on any atom is 0.321 e. The first-order valence-corrected chi connectivity index (χ1v) is 9.35. The molecule has 0 bridgehead atoms. The molecule has 0 heterocycles. The van der Waals surface area contributed by atoms with Crippen LogP contribution in [0.25, 0.3) is 0 Å². The Hall–Kier alpha value is -1.93. The maximum absolute atomic E-state index is 10.8. The molecule has 5 N–H and O–H groups in total. The normalized spacial score (nSPS) is 11.8. The van der Waals surface area contributed by atoms with Crippen molar-refractivity contribution in [3.05, 3.63) is 58.1 Å². The number of benzene rings is 2. The van der Waals surface area contributed by atoms with Crippen molar-refractivity contribution < 1.29 is 19.8 Å². The van der Waals surface area contributed by atoms with Gasteiger partial charge in [0.25, 0.3) is 0 Å². The van der Waals surface area contributed by atoms with Crippen molar-refractivity contribution in [2.24, 2.45) is 5.73 Å². The van der Waals surface area contributed by atoms with Crippen LogP contribution in [-0.2, 0) is 16.0 Å². The lowest BCUT2D eigenvalue weighted by molar-refractivity contribution is -0.139. The molecule has 152 valence electrons. The van der Waals surface area contributed by atoms with Gasteiger partial charge < -0.3 is 21.3 Å². The van der Waals surface area contributed by atoms with Gasteiger partial charge in [0, 0.05) is 10.4 Å². The smallest absolute Gasteiger partial charge is 0.321 e. The molecule has 1 unspecified atom stereocenters. The second kappa shape index (κ2) is 10.6. The molecule has 0 amide bonds. The highest BCUT2D eigenvalue weighted by atomic mass is 35.5. The van der Waals surface area contributed by atoms with E-state index in [1.54, 1.807) is 50.2 Å². The monoisotopic (exact) mass is 444 g/mol. The summed E-state index contributed by atoms with van der Waals surface area (Å²) in [5.74, 6) is -1.91. The van der Waals surface area contributed by atoms with Crippen LogP contribution in [0.3, 0.4) is 0 Å². The Labute approximate surface area is 179 Å². The second-order valence-electron chi connectivity index (χ2n) is 6.42. The molecule has 0 aliphatic heterocycles. The van der Waals surface area contributed by atoms with E-state index in [9.17, 15) is 9.59 Å². The summed E-state index contributed by atoms with van der Waals surface area (Å²) in [6.45, 7) is 3.32. The van der Waals surface area contributed by atoms with Gasteiger partial charge in [-0.25, -0.2) is 0 Å². The van der Waals surface area contributed by atoms with Crippen LogP contribution >= 0.6 is 35.8 Å². The van der Waals surface area contributed by atoms with Gasteiger partial charge in [-0.2, -0.15) is 12.6 Å². The van der Waals surface area contributed by atoms with Gasteiger partial charge in [-0.15, -0.1) is 0 Å². The highest BCUT2D eigenvalue weighted by molar-refractivity contribution is 7.81. The van der Waals surface area contributed by atoms with E-state index in [0.717, 1.165) is 0 Å². The number of hydrogen-bond acceptors (Lipinski definition) is 5. The zero-order valence-electron chi connectivity index (χ0n) is 15.3. The Morgan fingerprint density at radius 1 is 1.11 bits per heavy atom. The number of nitrogens with one attached hydrogen (secondary N) is 1. The zero-order chi connectivity index (χ0) is 21.5. The SMILES string of the molecule is CC(C)(S)C(N)C(=O)O.O=C(O)Cc1ccccc1Nc1c(Cl)cccc1Cl. The molecule has 0 fully saturated rings. The van der Waals surface area contributed by atoms with Gasteiger partial charge in [0.1, 0.15) is 6.04 Å². The van der Waals surface area contributed by atoms with E-state index in [4.69, 9.17) is 39.1 Å². The molecule has 0 aliphatic carbocycles. The summed E-state index contributed by atoms with van der Waals surface area (Å²) in [7, 11) is 0. The van der Waals surface area contributed by atoms with Crippen LogP contribution in [0.1, 0.15) is 19.4 Å². The van der Waals surface area contributed by atoms with Gasteiger partial charge in [-0.05, 0) is 37.6 Å². The molecule has 0 aromatic heterocycles. The summed E-state index contributed by atoms with van der Waals surface area (Å²) >= 11 is 16.1. The zero-order valence-corrected chi connectivity index (χ0v) is 17.7. The average Bonchev–Trinajstić information content (AvgIpc) is 2.58. The lowest BCUT2D eigenvalue weighted by Crippen LogP contribution is -2.45. The van der Waals surface area contributed by atoms with E-state index in [1.807, 2.05) is 6.07 Å². The number of nitrogens with two attached hydrogens (primary N) is 1. The number of aliphatic carboxylic acids is 2. The number of rotatable bonds is 6. The van der Waals surface area contributed by atoms with Gasteiger partial charge in [-0.1, -0.05) is 47.5 Å². The Morgan fingerprint density at radius 3 is 2.07 bits per heavy atom. The number of carboxylic acids is 2. The fourth-order valence-electron chi connectivity index (χ4n) is 2.01. The van der Waals surface area contributed by atoms with Gasteiger partial charge in [0.15, 0.2) is 0 Å². The first kappa shape index (κ1) is 24.1. The van der Waals surface area contributed by atoms with Crippen molar-refractivity contribution in [1.82, 2.24) is 0 Å². The first-order chi connectivity index (χ1) is 12.9. The first-order valence-electron chi connectivity index (χ1n) is 8.15. The molecule has 2 aromatic carbocycles. The van der Waals surface area contributed by atoms with E-state index in [0.29, 0.717) is 27.0 Å². The highest BCUT2D eigenvalue weighted by Gasteiger charge is 2.27. The predicted octanol–water partition coefficient (Wildman–Crippen LogP) is 4.47. The molecule has 9 heteroatoms. The molecule has 0 aliphatic rings. The summed E-state index contributed by atoms with van der Waals surface area (Å²) in [5, 5.41) is 21.3. The minimum Gasteiger partial charge on any atom is -0.481 e. The third-order valence-electron chi connectivity index (χ3n) is 3.61. The summed E-state index contributed by atoms with van der Waals surface area (Å²) < 4.78 is -0.647. The molecule has 0 saturated carbocycles. The quantitative estimate of drug-likeness (QED) is 0.420. The minimum absolute atomic E-state index is 0.0642. The van der Waals surface area contributed by atoms with Gasteiger partial charge in [0.05, 0.1) is 22.2 Å². The summed E-state index contributed by atoms with van der Waals surface area (Å²) in [6, 6.07) is 11.4. The molecular weight excluding hydrogens is 423 g/mol. The number of carbonyl (C=O) groups is 2. The van der Waals surface area contributed by atoms with Crippen molar-refractivity contribution in [2.45, 2.75) is 31.1 Å². The molecule has 6 nitrogen and oxygen atoms in total. The maximum atomic E-state index is 10.8. The largest absolute Gasteiger partial charge is 0.481 e. The van der Waals surface area contributed by atoms with Crippen molar-refractivity contribution in [2.75, 3.05) is 5.32 Å². The number of thiol groups is 1. The Balaban J connectivity index is 0.000000370. The molecule has 1 atom stereocenters. The van der Waals surface area contributed by atoms with E-state index in [-0.39, 0.29) is 6.42 Å². The van der Waals surface area contributed by atoms with Crippen molar-refractivity contribution in [3.8, 4) is 0 Å². The van der Waals surface area contributed by atoms with E-state index < -0.39 is 22.7 Å². The number of hydrogen-bond donors (Lipinski definition) is 5. The Kier molecular flexibility index (Phi) is 9.10. The Bertz CT molecular complexity index is 821. The van der Waals surface area contributed by atoms with E-state index in [1.165, 1.54) is 0 Å². The lowest BCUT2D eigenvalue weighted by Gasteiger charge is -2.21. The van der Waals surface area contributed by atoms with Crippen LogP contribution in [0.2, 0.25) is 10.0 Å². The fraction of sp³-hybridized carbons (Fsp3) is 0.263. The van der Waals surface area contributed by atoms with Crippen LogP contribution in [0.4, 0.5) is 11.4 Å². The van der Waals surface area contributed by atoms with Crippen molar-refractivity contribution in [1.29, 1.82) is 0 Å². The van der Waals surface area contributed by atoms with Crippen LogP contribution in [0.15, 0.2) is 42.5 Å². The van der Waals surface area contributed by atoms with Crippen LogP contribution in [-0.4, -0.2) is 32.9 Å². The van der Waals surface area contributed by atoms with Gasteiger partial charge in [0.2, 0.25) is 0 Å². The standard InChI is InChI=1S/C14H11Cl2NO2.C5H11NO2S/c15-10-5-3-6-11(16)14(10)17-12-7-2-1-4-9(12)8-13(18)19;1-5(2,9)3(6)4(7)8/h1-7,17H,8H2,(H,18,19);3,9H,6H2,1-2H3,(H,7,8). The van der Waals surface area contributed by atoms with Crippen molar-refractivity contribution >= 4 is 59.1 Å². The van der Waals surface area contributed by atoms with E-state index >= 15 is 0 Å². The number of para-hydroxylation sites is 2. The third kappa shape index (κ3) is 7.59. The minimum atomic E-state index is -1.02. The lowest BCUT2D eigenvalue weighted by atomic mass is 10.1. The number of carboxylic acid groups (broad SMARTS) is 2. The molecule has 2 rings (SSSR count). The topological polar surface area (TPSA) is 113 Å². The summed E-state index contributed by atoms with van der Waals surface area (Å²) in [4.78, 5) is 21.0. The van der Waals surface area contributed by atoms with Crippen molar-refractivity contribution in [3.63, 3.8) is 0 Å². The second-order valence-corrected chi connectivity index (χ2v) is 8.39. The summed E-state index contributed by atoms with van der Waals surface area (Å²) in [5.41, 5.74) is 7.14. The van der Waals surface area contributed by atoms with Gasteiger partial charge >= 0.3 is 11.9 Å².